The Labute approximate surface area is 98.6 Å². The van der Waals surface area contributed by atoms with Crippen molar-refractivity contribution in [1.82, 2.24) is 15.1 Å². The van der Waals surface area contributed by atoms with Crippen molar-refractivity contribution in [3.05, 3.63) is 18.5 Å². The summed E-state index contributed by atoms with van der Waals surface area (Å²) < 4.78 is 1.51. The smallest absolute Gasteiger partial charge is 0.305 e. The third-order valence-corrected chi connectivity index (χ3v) is 2.80. The van der Waals surface area contributed by atoms with E-state index in [2.05, 4.69) is 10.4 Å². The molecule has 2 rings (SSSR count). The molecule has 1 aliphatic carbocycles. The zero-order valence-corrected chi connectivity index (χ0v) is 9.37. The molecule has 1 fully saturated rings. The molecular weight excluding hydrogens is 222 g/mol. The first-order valence-corrected chi connectivity index (χ1v) is 5.64. The molecule has 2 N–H and O–H groups in total. The number of aromatic nitrogens is 2. The molecule has 1 unspecified atom stereocenters. The lowest BCUT2D eigenvalue weighted by Crippen LogP contribution is -2.39. The lowest BCUT2D eigenvalue weighted by atomic mass is 10.1. The minimum Gasteiger partial charge on any atom is -0.481 e. The Kier molecular flexibility index (Phi) is 3.41. The first-order valence-electron chi connectivity index (χ1n) is 5.64. The minimum atomic E-state index is -0.874. The van der Waals surface area contributed by atoms with Gasteiger partial charge in [-0.05, 0) is 24.8 Å². The molecule has 1 atom stereocenters. The van der Waals surface area contributed by atoms with Gasteiger partial charge in [0.2, 0.25) is 5.91 Å². The van der Waals surface area contributed by atoms with Crippen LogP contribution < -0.4 is 5.32 Å². The van der Waals surface area contributed by atoms with Crippen LogP contribution >= 0.6 is 0 Å². The van der Waals surface area contributed by atoms with E-state index in [1.807, 2.05) is 0 Å². The van der Waals surface area contributed by atoms with Gasteiger partial charge in [0.1, 0.15) is 6.54 Å². The average Bonchev–Trinajstić information content (AvgIpc) is 2.97. The Morgan fingerprint density at radius 1 is 1.53 bits per heavy atom. The topological polar surface area (TPSA) is 84.2 Å². The number of nitrogens with one attached hydrogen (secondary N) is 1. The summed E-state index contributed by atoms with van der Waals surface area (Å²) in [6.45, 7) is 0.135. The fourth-order valence-electron chi connectivity index (χ4n) is 1.82. The van der Waals surface area contributed by atoms with Gasteiger partial charge in [-0.15, -0.1) is 0 Å². The van der Waals surface area contributed by atoms with Gasteiger partial charge in [-0.3, -0.25) is 14.3 Å². The maximum absolute atomic E-state index is 11.7. The summed E-state index contributed by atoms with van der Waals surface area (Å²) >= 11 is 0. The van der Waals surface area contributed by atoms with E-state index in [4.69, 9.17) is 5.11 Å². The van der Waals surface area contributed by atoms with Gasteiger partial charge in [0.25, 0.3) is 0 Å². The van der Waals surface area contributed by atoms with Crippen molar-refractivity contribution in [3.8, 4) is 0 Å². The monoisotopic (exact) mass is 237 g/mol. The highest BCUT2D eigenvalue weighted by Gasteiger charge is 2.33. The van der Waals surface area contributed by atoms with Crippen LogP contribution in [0.5, 0.6) is 0 Å². The molecule has 1 aromatic rings. The summed E-state index contributed by atoms with van der Waals surface area (Å²) in [5.74, 6) is -0.735. The summed E-state index contributed by atoms with van der Waals surface area (Å²) in [7, 11) is 0. The van der Waals surface area contributed by atoms with E-state index in [1.54, 1.807) is 18.5 Å². The molecule has 6 heteroatoms. The second-order valence-corrected chi connectivity index (χ2v) is 4.31. The number of carboxylic acid groups (broad SMARTS) is 1. The van der Waals surface area contributed by atoms with Crippen LogP contribution in [0.3, 0.4) is 0 Å². The van der Waals surface area contributed by atoms with Gasteiger partial charge in [-0.1, -0.05) is 0 Å². The molecule has 0 aliphatic heterocycles. The second kappa shape index (κ2) is 4.99. The van der Waals surface area contributed by atoms with Gasteiger partial charge in [-0.2, -0.15) is 5.10 Å². The standard InChI is InChI=1S/C11H15N3O3/c15-10(7-14-5-1-4-12-14)13-9(6-11(16)17)8-2-3-8/h1,4-5,8-9H,2-3,6-7H2,(H,13,15)(H,16,17). The van der Waals surface area contributed by atoms with E-state index < -0.39 is 5.97 Å². The predicted molar refractivity (Wildman–Crippen MR) is 59.1 cm³/mol. The van der Waals surface area contributed by atoms with Gasteiger partial charge < -0.3 is 10.4 Å². The van der Waals surface area contributed by atoms with Crippen LogP contribution in [0.1, 0.15) is 19.3 Å². The van der Waals surface area contributed by atoms with Gasteiger partial charge in [0.15, 0.2) is 0 Å². The molecule has 0 spiro atoms. The molecule has 1 amide bonds. The quantitative estimate of drug-likeness (QED) is 0.743. The Balaban J connectivity index is 1.84. The van der Waals surface area contributed by atoms with Crippen LogP contribution in [-0.2, 0) is 16.1 Å². The number of carboxylic acids is 1. The Bertz CT molecular complexity index is 398. The van der Waals surface area contributed by atoms with E-state index in [9.17, 15) is 9.59 Å². The van der Waals surface area contributed by atoms with E-state index in [-0.39, 0.29) is 24.9 Å². The van der Waals surface area contributed by atoms with Crippen LogP contribution in [0.2, 0.25) is 0 Å². The number of nitrogens with zero attached hydrogens (tertiary/aromatic N) is 2. The molecule has 17 heavy (non-hydrogen) atoms. The van der Waals surface area contributed by atoms with Crippen LogP contribution in [0.4, 0.5) is 0 Å². The van der Waals surface area contributed by atoms with Crippen molar-refractivity contribution >= 4 is 11.9 Å². The summed E-state index contributed by atoms with van der Waals surface area (Å²) in [4.78, 5) is 22.3. The molecule has 0 bridgehead atoms. The number of carbonyl (C=O) groups is 2. The summed E-state index contributed by atoms with van der Waals surface area (Å²) in [6, 6.07) is 1.50. The molecule has 1 heterocycles. The third kappa shape index (κ3) is 3.58. The van der Waals surface area contributed by atoms with Crippen molar-refractivity contribution in [1.29, 1.82) is 0 Å². The van der Waals surface area contributed by atoms with E-state index in [1.165, 1.54) is 4.68 Å². The van der Waals surface area contributed by atoms with Gasteiger partial charge in [0.05, 0.1) is 6.42 Å². The Morgan fingerprint density at radius 3 is 2.82 bits per heavy atom. The molecule has 0 aromatic carbocycles. The lowest BCUT2D eigenvalue weighted by Gasteiger charge is -2.16. The highest BCUT2D eigenvalue weighted by molar-refractivity contribution is 5.77. The normalized spacial score (nSPS) is 16.5. The molecule has 1 saturated carbocycles. The molecule has 0 radical (unpaired) electrons. The largest absolute Gasteiger partial charge is 0.481 e. The molecule has 0 saturated heterocycles. The first-order chi connectivity index (χ1) is 8.15. The Hall–Kier alpha value is -1.85. The van der Waals surface area contributed by atoms with Crippen LogP contribution in [0.25, 0.3) is 0 Å². The predicted octanol–water partition coefficient (Wildman–Crippen LogP) is 0.253. The molecule has 92 valence electrons. The molecule has 1 aliphatic rings. The fraction of sp³-hybridized carbons (Fsp3) is 0.545. The van der Waals surface area contributed by atoms with Crippen molar-refractivity contribution in [2.45, 2.75) is 31.8 Å². The van der Waals surface area contributed by atoms with E-state index in [0.29, 0.717) is 5.92 Å². The van der Waals surface area contributed by atoms with Crippen LogP contribution in [0, 0.1) is 5.92 Å². The van der Waals surface area contributed by atoms with Gasteiger partial charge in [0, 0.05) is 18.4 Å². The third-order valence-electron chi connectivity index (χ3n) is 2.80. The van der Waals surface area contributed by atoms with E-state index in [0.717, 1.165) is 12.8 Å². The van der Waals surface area contributed by atoms with Crippen LogP contribution in [0.15, 0.2) is 18.5 Å². The van der Waals surface area contributed by atoms with Gasteiger partial charge >= 0.3 is 5.97 Å². The first kappa shape index (κ1) is 11.6. The highest BCUT2D eigenvalue weighted by Crippen LogP contribution is 2.33. The maximum atomic E-state index is 11.7. The molecule has 1 aromatic heterocycles. The highest BCUT2D eigenvalue weighted by atomic mass is 16.4. The van der Waals surface area contributed by atoms with Crippen molar-refractivity contribution < 1.29 is 14.7 Å². The van der Waals surface area contributed by atoms with Gasteiger partial charge in [-0.25, -0.2) is 0 Å². The fourth-order valence-corrected chi connectivity index (χ4v) is 1.82. The summed E-state index contributed by atoms with van der Waals surface area (Å²) in [5, 5.41) is 15.5. The Morgan fingerprint density at radius 2 is 2.29 bits per heavy atom. The van der Waals surface area contributed by atoms with Crippen molar-refractivity contribution in [2.24, 2.45) is 5.92 Å². The number of rotatable bonds is 6. The van der Waals surface area contributed by atoms with Crippen molar-refractivity contribution in [2.75, 3.05) is 0 Å². The number of carbonyl (C=O) groups excluding carboxylic acids is 1. The number of aliphatic carboxylic acids is 1. The zero-order valence-electron chi connectivity index (χ0n) is 9.37. The maximum Gasteiger partial charge on any atom is 0.305 e. The molecule has 6 nitrogen and oxygen atoms in total. The zero-order chi connectivity index (χ0) is 12.3. The summed E-state index contributed by atoms with van der Waals surface area (Å²) in [5.41, 5.74) is 0. The number of hydrogen-bond donors (Lipinski definition) is 2. The SMILES string of the molecule is O=C(O)CC(NC(=O)Cn1cccn1)C1CC1. The number of amides is 1. The van der Waals surface area contributed by atoms with Crippen molar-refractivity contribution in [3.63, 3.8) is 0 Å². The number of hydrogen-bond acceptors (Lipinski definition) is 3. The van der Waals surface area contributed by atoms with Crippen LogP contribution in [-0.4, -0.2) is 32.8 Å². The molecular formula is C11H15N3O3. The average molecular weight is 237 g/mol. The second-order valence-electron chi connectivity index (χ2n) is 4.31. The minimum absolute atomic E-state index is 0.00445. The summed E-state index contributed by atoms with van der Waals surface area (Å²) in [6.07, 6.45) is 5.29. The lowest BCUT2D eigenvalue weighted by molar-refractivity contribution is -0.137. The van der Waals surface area contributed by atoms with E-state index >= 15 is 0 Å².